The van der Waals surface area contributed by atoms with Crippen molar-refractivity contribution in [3.63, 3.8) is 0 Å². The van der Waals surface area contributed by atoms with Gasteiger partial charge >= 0.3 is 5.97 Å². The van der Waals surface area contributed by atoms with E-state index in [0.29, 0.717) is 22.1 Å². The van der Waals surface area contributed by atoms with Crippen LogP contribution in [0.3, 0.4) is 0 Å². The number of hydrogen-bond donors (Lipinski definition) is 0. The monoisotopic (exact) mass is 624 g/mol. The molecule has 11 heteroatoms. The van der Waals surface area contributed by atoms with Gasteiger partial charge in [0.2, 0.25) is 5.90 Å². The van der Waals surface area contributed by atoms with E-state index in [4.69, 9.17) is 37.4 Å². The summed E-state index contributed by atoms with van der Waals surface area (Å²) in [5.74, 6) is 0.177. The molecule has 0 amide bonds. The normalized spacial score (nSPS) is 14.0. The minimum Gasteiger partial charge on any atom is -0.493 e. The molecule has 1 aliphatic rings. The summed E-state index contributed by atoms with van der Waals surface area (Å²) in [4.78, 5) is 27.1. The fourth-order valence-electron chi connectivity index (χ4n) is 3.22. The molecule has 0 unspecified atom stereocenters. The first kappa shape index (κ1) is 25.0. The van der Waals surface area contributed by atoms with Gasteiger partial charge in [0.05, 0.1) is 26.2 Å². The van der Waals surface area contributed by atoms with Gasteiger partial charge < -0.3 is 14.2 Å². The van der Waals surface area contributed by atoms with Gasteiger partial charge in [-0.2, -0.15) is 0 Å². The molecule has 0 aromatic heterocycles. The van der Waals surface area contributed by atoms with Crippen molar-refractivity contribution < 1.29 is 23.9 Å². The molecule has 0 spiro atoms. The lowest BCUT2D eigenvalue weighted by molar-refractivity contribution is -0.384. The van der Waals surface area contributed by atoms with Gasteiger partial charge in [0.1, 0.15) is 6.61 Å². The molecule has 0 bridgehead atoms. The summed E-state index contributed by atoms with van der Waals surface area (Å²) in [6.07, 6.45) is 1.52. The largest absolute Gasteiger partial charge is 0.493 e. The van der Waals surface area contributed by atoms with Gasteiger partial charge in [0.25, 0.3) is 5.69 Å². The predicted octanol–water partition coefficient (Wildman–Crippen LogP) is 6.44. The fourth-order valence-corrected chi connectivity index (χ4v) is 4.41. The summed E-state index contributed by atoms with van der Waals surface area (Å²) in [7, 11) is 1.51. The molecule has 8 nitrogen and oxygen atoms in total. The summed E-state index contributed by atoms with van der Waals surface area (Å²) in [5, 5.41) is 11.9. The Labute approximate surface area is 223 Å². The number of carbonyl (C=O) groups is 1. The molecule has 35 heavy (non-hydrogen) atoms. The Bertz CT molecular complexity index is 1410. The van der Waals surface area contributed by atoms with Crippen LogP contribution in [0.1, 0.15) is 16.7 Å². The minimum absolute atomic E-state index is 0.00743. The molecular formula is C24H15Cl2IN2O6. The van der Waals surface area contributed by atoms with E-state index in [0.717, 1.165) is 9.13 Å². The van der Waals surface area contributed by atoms with Crippen LogP contribution in [0.4, 0.5) is 5.69 Å². The van der Waals surface area contributed by atoms with E-state index in [-0.39, 0.29) is 34.5 Å². The highest BCUT2D eigenvalue weighted by Crippen LogP contribution is 2.36. The molecule has 0 atom stereocenters. The first-order valence-electron chi connectivity index (χ1n) is 9.97. The third-order valence-electron chi connectivity index (χ3n) is 4.84. The van der Waals surface area contributed by atoms with Gasteiger partial charge in [0, 0.05) is 17.2 Å². The number of nitro groups is 1. The van der Waals surface area contributed by atoms with Crippen molar-refractivity contribution in [1.29, 1.82) is 0 Å². The average Bonchev–Trinajstić information content (AvgIpc) is 3.18. The van der Waals surface area contributed by atoms with E-state index in [2.05, 4.69) is 27.6 Å². The number of ether oxygens (including phenoxy) is 3. The lowest BCUT2D eigenvalue weighted by Crippen LogP contribution is -2.06. The summed E-state index contributed by atoms with van der Waals surface area (Å²) in [6.45, 7) is 0.289. The molecule has 0 fully saturated rings. The van der Waals surface area contributed by atoms with Crippen LogP contribution in [0.25, 0.3) is 6.08 Å². The quantitative estimate of drug-likeness (QED) is 0.0986. The second-order valence-electron chi connectivity index (χ2n) is 7.21. The maximum absolute atomic E-state index is 12.4. The van der Waals surface area contributed by atoms with Crippen LogP contribution in [0.2, 0.25) is 10.0 Å². The first-order valence-corrected chi connectivity index (χ1v) is 11.8. The Morgan fingerprint density at radius 1 is 1.17 bits per heavy atom. The molecule has 0 saturated heterocycles. The molecule has 0 saturated carbocycles. The van der Waals surface area contributed by atoms with Crippen molar-refractivity contribution >= 4 is 69.4 Å². The zero-order valence-electron chi connectivity index (χ0n) is 18.0. The highest BCUT2D eigenvalue weighted by Gasteiger charge is 2.27. The topological polar surface area (TPSA) is 100 Å². The molecule has 0 radical (unpaired) electrons. The molecule has 0 aliphatic carbocycles. The first-order chi connectivity index (χ1) is 16.7. The van der Waals surface area contributed by atoms with Gasteiger partial charge in [0.15, 0.2) is 17.2 Å². The van der Waals surface area contributed by atoms with E-state index >= 15 is 0 Å². The molecule has 3 aromatic carbocycles. The average molecular weight is 625 g/mol. The minimum atomic E-state index is -0.710. The summed E-state index contributed by atoms with van der Waals surface area (Å²) >= 11 is 14.3. The SMILES string of the molecule is COc1cc(/C=C2\N=C(c3cc([N+](=O)[O-])ccc3Cl)OC2=O)cc(I)c1OCc1cccc(Cl)c1. The van der Waals surface area contributed by atoms with Crippen molar-refractivity contribution in [1.82, 2.24) is 0 Å². The van der Waals surface area contributed by atoms with Crippen molar-refractivity contribution in [2.75, 3.05) is 7.11 Å². The zero-order valence-corrected chi connectivity index (χ0v) is 21.6. The lowest BCUT2D eigenvalue weighted by Gasteiger charge is -2.14. The smallest absolute Gasteiger partial charge is 0.363 e. The van der Waals surface area contributed by atoms with Crippen molar-refractivity contribution in [2.45, 2.75) is 6.61 Å². The number of carbonyl (C=O) groups excluding carboxylic acids is 1. The Hall–Kier alpha value is -3.15. The molecular weight excluding hydrogens is 610 g/mol. The van der Waals surface area contributed by atoms with Crippen LogP contribution in [0, 0.1) is 13.7 Å². The van der Waals surface area contributed by atoms with Crippen LogP contribution < -0.4 is 9.47 Å². The van der Waals surface area contributed by atoms with E-state index in [1.54, 1.807) is 18.2 Å². The number of halogens is 3. The van der Waals surface area contributed by atoms with Crippen LogP contribution in [0.15, 0.2) is 65.3 Å². The number of methoxy groups -OCH3 is 1. The van der Waals surface area contributed by atoms with Crippen LogP contribution in [-0.4, -0.2) is 23.9 Å². The Morgan fingerprint density at radius 3 is 2.69 bits per heavy atom. The standard InChI is InChI=1S/C24H15Cl2IN2O6/c1-33-21-10-14(8-19(27)22(21)34-12-13-3-2-4-15(25)7-13)9-20-24(30)35-23(28-20)17-11-16(29(31)32)5-6-18(17)26/h2-11H,12H2,1H3/b20-9-. The van der Waals surface area contributed by atoms with Gasteiger partial charge in [-0.1, -0.05) is 35.3 Å². The molecule has 0 N–H and O–H groups in total. The number of cyclic esters (lactones) is 1. The third kappa shape index (κ3) is 5.75. The second-order valence-corrected chi connectivity index (χ2v) is 9.22. The van der Waals surface area contributed by atoms with Crippen LogP contribution in [-0.2, 0) is 16.1 Å². The molecule has 4 rings (SSSR count). The van der Waals surface area contributed by atoms with E-state index < -0.39 is 10.9 Å². The van der Waals surface area contributed by atoms with Gasteiger partial charge in [-0.25, -0.2) is 9.79 Å². The number of non-ortho nitro benzene ring substituents is 1. The van der Waals surface area contributed by atoms with Crippen LogP contribution in [0.5, 0.6) is 11.5 Å². The summed E-state index contributed by atoms with van der Waals surface area (Å²) < 4.78 is 17.4. The van der Waals surface area contributed by atoms with Gasteiger partial charge in [-0.3, -0.25) is 10.1 Å². The number of benzene rings is 3. The summed E-state index contributed by atoms with van der Waals surface area (Å²) in [6, 6.07) is 14.6. The van der Waals surface area contributed by atoms with E-state index in [9.17, 15) is 14.9 Å². The molecule has 3 aromatic rings. The number of hydrogen-bond acceptors (Lipinski definition) is 7. The van der Waals surface area contributed by atoms with Crippen molar-refractivity contribution in [3.05, 3.63) is 101 Å². The number of aliphatic imine (C=N–C) groups is 1. The Balaban J connectivity index is 1.62. The van der Waals surface area contributed by atoms with Crippen molar-refractivity contribution in [2.24, 2.45) is 4.99 Å². The fraction of sp³-hybridized carbons (Fsp3) is 0.0833. The Kier molecular flexibility index (Phi) is 7.58. The highest BCUT2D eigenvalue weighted by atomic mass is 127. The van der Waals surface area contributed by atoms with E-state index in [1.807, 2.05) is 18.2 Å². The highest BCUT2D eigenvalue weighted by molar-refractivity contribution is 14.1. The maximum Gasteiger partial charge on any atom is 0.363 e. The third-order valence-corrected chi connectivity index (χ3v) is 6.21. The number of esters is 1. The van der Waals surface area contributed by atoms with E-state index in [1.165, 1.54) is 31.4 Å². The molecule has 178 valence electrons. The maximum atomic E-state index is 12.4. The van der Waals surface area contributed by atoms with Crippen LogP contribution >= 0.6 is 45.8 Å². The number of nitrogens with zero attached hydrogens (tertiary/aromatic N) is 2. The number of rotatable bonds is 7. The zero-order chi connectivity index (χ0) is 25.1. The molecule has 1 aliphatic heterocycles. The predicted molar refractivity (Wildman–Crippen MR) is 140 cm³/mol. The van der Waals surface area contributed by atoms with Crippen molar-refractivity contribution in [3.8, 4) is 11.5 Å². The lowest BCUT2D eigenvalue weighted by atomic mass is 10.1. The summed E-state index contributed by atoms with van der Waals surface area (Å²) in [5.41, 5.74) is 1.47. The number of nitro benzene ring substituents is 1. The Morgan fingerprint density at radius 2 is 1.97 bits per heavy atom. The molecule has 1 heterocycles. The second kappa shape index (κ2) is 10.6. The van der Waals surface area contributed by atoms with Gasteiger partial charge in [-0.05, 0) is 70.1 Å². The van der Waals surface area contributed by atoms with Gasteiger partial charge in [-0.15, -0.1) is 0 Å².